The van der Waals surface area contributed by atoms with Crippen LogP contribution in [0, 0.1) is 0 Å². The summed E-state index contributed by atoms with van der Waals surface area (Å²) in [5.74, 6) is 1.79. The number of benzene rings is 1. The molecule has 1 atom stereocenters. The van der Waals surface area contributed by atoms with E-state index in [1.165, 1.54) is 10.1 Å². The molecule has 1 aromatic heterocycles. The monoisotopic (exact) mass is 337 g/mol. The predicted octanol–water partition coefficient (Wildman–Crippen LogP) is 2.85. The van der Waals surface area contributed by atoms with Crippen molar-refractivity contribution in [3.8, 4) is 0 Å². The van der Waals surface area contributed by atoms with E-state index < -0.39 is 6.10 Å². The number of nitrogens with zero attached hydrogens (tertiary/aromatic N) is 1. The first kappa shape index (κ1) is 17.1. The lowest BCUT2D eigenvalue weighted by molar-refractivity contribution is 0.191. The highest BCUT2D eigenvalue weighted by Crippen LogP contribution is 2.29. The number of fused-ring (bicyclic) bond motifs is 1. The largest absolute Gasteiger partial charge is 0.386 e. The Labute approximate surface area is 140 Å². The highest BCUT2D eigenvalue weighted by Gasteiger charge is 2.11. The van der Waals surface area contributed by atoms with Crippen LogP contribution in [-0.2, 0) is 0 Å². The van der Waals surface area contributed by atoms with Crippen LogP contribution in [0.3, 0.4) is 0 Å². The Balaban J connectivity index is 1.98. The van der Waals surface area contributed by atoms with Gasteiger partial charge >= 0.3 is 0 Å². The van der Waals surface area contributed by atoms with Crippen molar-refractivity contribution >= 4 is 39.1 Å². The molecule has 3 N–H and O–H groups in total. The Morgan fingerprint density at radius 3 is 2.91 bits per heavy atom. The molecule has 0 amide bonds. The first-order valence-corrected chi connectivity index (χ1v) is 9.63. The van der Waals surface area contributed by atoms with Crippen LogP contribution in [0.5, 0.6) is 0 Å². The molecule has 22 heavy (non-hydrogen) atoms. The van der Waals surface area contributed by atoms with Crippen molar-refractivity contribution < 1.29 is 5.11 Å². The molecule has 0 saturated heterocycles. The average Bonchev–Trinajstić information content (AvgIpc) is 2.96. The highest BCUT2D eigenvalue weighted by atomic mass is 32.2. The van der Waals surface area contributed by atoms with Crippen molar-refractivity contribution in [3.63, 3.8) is 0 Å². The van der Waals surface area contributed by atoms with Gasteiger partial charge in [-0.25, -0.2) is 0 Å². The standard InChI is InChI=1S/C16H23N3OS2/c1-3-17-16(18-8-9-21-2)19-11-13(20)15-10-12-6-4-5-7-14(12)22-15/h4-7,10,13,20H,3,8-9,11H2,1-2H3,(H2,17,18,19). The minimum Gasteiger partial charge on any atom is -0.386 e. The second-order valence-electron chi connectivity index (χ2n) is 4.84. The molecular formula is C16H23N3OS2. The Hall–Kier alpha value is -1.24. The van der Waals surface area contributed by atoms with E-state index in [0.29, 0.717) is 6.54 Å². The number of thioether (sulfide) groups is 1. The van der Waals surface area contributed by atoms with Gasteiger partial charge in [0.25, 0.3) is 0 Å². The molecule has 0 fully saturated rings. The van der Waals surface area contributed by atoms with Gasteiger partial charge in [0, 0.05) is 28.4 Å². The number of guanidine groups is 1. The molecule has 0 aliphatic rings. The molecule has 0 saturated carbocycles. The third-order valence-electron chi connectivity index (χ3n) is 3.14. The van der Waals surface area contributed by atoms with E-state index in [-0.39, 0.29) is 0 Å². The van der Waals surface area contributed by atoms with Crippen LogP contribution in [-0.4, -0.2) is 42.7 Å². The fraction of sp³-hybridized carbons (Fsp3) is 0.438. The Kier molecular flexibility index (Phi) is 7.02. The first-order chi connectivity index (χ1) is 10.7. The first-order valence-electron chi connectivity index (χ1n) is 7.42. The maximum absolute atomic E-state index is 10.4. The van der Waals surface area contributed by atoms with E-state index in [9.17, 15) is 5.11 Å². The maximum Gasteiger partial charge on any atom is 0.191 e. The van der Waals surface area contributed by atoms with Crippen molar-refractivity contribution in [1.29, 1.82) is 0 Å². The molecular weight excluding hydrogens is 314 g/mol. The summed E-state index contributed by atoms with van der Waals surface area (Å²) in [6.45, 7) is 4.08. The van der Waals surface area contributed by atoms with E-state index in [4.69, 9.17) is 0 Å². The number of thiophene rings is 1. The van der Waals surface area contributed by atoms with Crippen LogP contribution in [0.25, 0.3) is 10.1 Å². The molecule has 0 bridgehead atoms. The number of hydrogen-bond acceptors (Lipinski definition) is 4. The van der Waals surface area contributed by atoms with Crippen LogP contribution >= 0.6 is 23.1 Å². The lowest BCUT2D eigenvalue weighted by atomic mass is 10.2. The summed E-state index contributed by atoms with van der Waals surface area (Å²) in [6.07, 6.45) is 1.52. The quantitative estimate of drug-likeness (QED) is 0.413. The van der Waals surface area contributed by atoms with Gasteiger partial charge in [-0.3, -0.25) is 4.99 Å². The third-order valence-corrected chi connectivity index (χ3v) is 4.97. The van der Waals surface area contributed by atoms with E-state index in [0.717, 1.165) is 29.7 Å². The molecule has 0 aliphatic carbocycles. The van der Waals surface area contributed by atoms with Crippen LogP contribution in [0.1, 0.15) is 17.9 Å². The van der Waals surface area contributed by atoms with Crippen LogP contribution < -0.4 is 10.6 Å². The number of aliphatic hydroxyl groups is 1. The summed E-state index contributed by atoms with van der Waals surface area (Å²) >= 11 is 3.42. The normalized spacial score (nSPS) is 13.3. The molecule has 0 aliphatic heterocycles. The van der Waals surface area contributed by atoms with Crippen LogP contribution in [0.2, 0.25) is 0 Å². The van der Waals surface area contributed by atoms with E-state index in [1.807, 2.05) is 25.1 Å². The SMILES string of the molecule is CCNC(=NCC(O)c1cc2ccccc2s1)NCCSC. The third kappa shape index (κ3) is 4.90. The molecule has 0 spiro atoms. The minimum atomic E-state index is -0.562. The zero-order valence-electron chi connectivity index (χ0n) is 13.0. The van der Waals surface area contributed by atoms with Gasteiger partial charge in [0.1, 0.15) is 6.10 Å². The van der Waals surface area contributed by atoms with Gasteiger partial charge < -0.3 is 15.7 Å². The van der Waals surface area contributed by atoms with E-state index >= 15 is 0 Å². The van der Waals surface area contributed by atoms with Crippen LogP contribution in [0.15, 0.2) is 35.3 Å². The minimum absolute atomic E-state index is 0.363. The smallest absolute Gasteiger partial charge is 0.191 e. The zero-order chi connectivity index (χ0) is 15.8. The van der Waals surface area contributed by atoms with Gasteiger partial charge in [0.05, 0.1) is 6.54 Å². The zero-order valence-corrected chi connectivity index (χ0v) is 14.6. The fourth-order valence-electron chi connectivity index (χ4n) is 2.05. The predicted molar refractivity (Wildman–Crippen MR) is 99.1 cm³/mol. The Bertz CT molecular complexity index is 579. The summed E-state index contributed by atoms with van der Waals surface area (Å²) in [7, 11) is 0. The molecule has 6 heteroatoms. The second-order valence-corrected chi connectivity index (χ2v) is 6.94. The van der Waals surface area contributed by atoms with E-state index in [2.05, 4.69) is 34.0 Å². The lowest BCUT2D eigenvalue weighted by Gasteiger charge is -2.12. The van der Waals surface area contributed by atoms with Gasteiger partial charge in [-0.2, -0.15) is 11.8 Å². The Morgan fingerprint density at radius 1 is 1.36 bits per heavy atom. The highest BCUT2D eigenvalue weighted by molar-refractivity contribution is 7.98. The summed E-state index contributed by atoms with van der Waals surface area (Å²) in [4.78, 5) is 5.44. The van der Waals surface area contributed by atoms with E-state index in [1.54, 1.807) is 23.1 Å². The van der Waals surface area contributed by atoms with Gasteiger partial charge in [0.2, 0.25) is 0 Å². The fourth-order valence-corrected chi connectivity index (χ4v) is 3.40. The number of aliphatic imine (C=N–C) groups is 1. The molecule has 1 unspecified atom stereocenters. The lowest BCUT2D eigenvalue weighted by Crippen LogP contribution is -2.38. The van der Waals surface area contributed by atoms with Gasteiger partial charge in [-0.15, -0.1) is 11.3 Å². The van der Waals surface area contributed by atoms with Gasteiger partial charge in [-0.05, 0) is 30.7 Å². The summed E-state index contributed by atoms with van der Waals surface area (Å²) in [6, 6.07) is 10.2. The molecule has 2 aromatic rings. The number of hydrogen-bond donors (Lipinski definition) is 3. The van der Waals surface area contributed by atoms with Crippen molar-refractivity contribution in [2.75, 3.05) is 31.6 Å². The summed E-state index contributed by atoms with van der Waals surface area (Å²) < 4.78 is 1.20. The Morgan fingerprint density at radius 2 is 2.18 bits per heavy atom. The van der Waals surface area contributed by atoms with Gasteiger partial charge in [0.15, 0.2) is 5.96 Å². The average molecular weight is 338 g/mol. The molecule has 2 rings (SSSR count). The van der Waals surface area contributed by atoms with Crippen molar-refractivity contribution in [3.05, 3.63) is 35.2 Å². The number of rotatable bonds is 7. The molecule has 120 valence electrons. The molecule has 1 heterocycles. The molecule has 1 aromatic carbocycles. The maximum atomic E-state index is 10.4. The molecule has 4 nitrogen and oxygen atoms in total. The summed E-state index contributed by atoms with van der Waals surface area (Å²) in [5, 5.41) is 18.0. The second kappa shape index (κ2) is 9.02. The van der Waals surface area contributed by atoms with Crippen molar-refractivity contribution in [2.45, 2.75) is 13.0 Å². The van der Waals surface area contributed by atoms with Gasteiger partial charge in [-0.1, -0.05) is 18.2 Å². The van der Waals surface area contributed by atoms with Crippen LogP contribution in [0.4, 0.5) is 0 Å². The molecule has 0 radical (unpaired) electrons. The van der Waals surface area contributed by atoms with Crippen molar-refractivity contribution in [2.24, 2.45) is 4.99 Å². The summed E-state index contributed by atoms with van der Waals surface area (Å²) in [5.41, 5.74) is 0. The number of nitrogens with one attached hydrogen (secondary N) is 2. The van der Waals surface area contributed by atoms with Crippen molar-refractivity contribution in [1.82, 2.24) is 10.6 Å². The topological polar surface area (TPSA) is 56.7 Å². The number of aliphatic hydroxyl groups excluding tert-OH is 1.